The fraction of sp³-hybridized carbons (Fsp3) is 0.650. The first kappa shape index (κ1) is 21.8. The minimum atomic E-state index is -0.360. The molecule has 1 heterocycles. The predicted octanol–water partition coefficient (Wildman–Crippen LogP) is 2.57. The van der Waals surface area contributed by atoms with Crippen LogP contribution in [0.3, 0.4) is 0 Å². The fourth-order valence-corrected chi connectivity index (χ4v) is 2.66. The van der Waals surface area contributed by atoms with Crippen molar-refractivity contribution in [3.05, 3.63) is 35.4 Å². The van der Waals surface area contributed by atoms with E-state index in [0.29, 0.717) is 51.8 Å². The van der Waals surface area contributed by atoms with Gasteiger partial charge in [-0.1, -0.05) is 18.2 Å². The van der Waals surface area contributed by atoms with Crippen LogP contribution < -0.4 is 0 Å². The molecule has 0 N–H and O–H groups in total. The number of benzene rings is 1. The smallest absolute Gasteiger partial charge is 0.338 e. The molecule has 1 aromatic carbocycles. The van der Waals surface area contributed by atoms with Gasteiger partial charge in [0, 0.05) is 6.61 Å². The molecule has 0 aromatic heterocycles. The van der Waals surface area contributed by atoms with Gasteiger partial charge in [0.05, 0.1) is 58.9 Å². The van der Waals surface area contributed by atoms with E-state index in [0.717, 1.165) is 31.4 Å². The highest BCUT2D eigenvalue weighted by Crippen LogP contribution is 2.13. The van der Waals surface area contributed by atoms with Crippen LogP contribution in [-0.4, -0.2) is 65.6 Å². The maximum absolute atomic E-state index is 11.7. The summed E-state index contributed by atoms with van der Waals surface area (Å²) < 4.78 is 32.3. The lowest BCUT2D eigenvalue weighted by Gasteiger charge is -2.22. The molecule has 1 aliphatic heterocycles. The Balaban J connectivity index is 1.42. The second-order valence-corrected chi connectivity index (χ2v) is 6.09. The van der Waals surface area contributed by atoms with Gasteiger partial charge in [0.25, 0.3) is 0 Å². The number of methoxy groups -OCH3 is 1. The molecule has 1 aromatic rings. The third-order valence-corrected chi connectivity index (χ3v) is 4.09. The number of carbonyl (C=O) groups excluding carboxylic acids is 1. The minimum Gasteiger partial charge on any atom is -0.465 e. The van der Waals surface area contributed by atoms with Crippen molar-refractivity contribution < 1.29 is 33.2 Å². The van der Waals surface area contributed by atoms with Gasteiger partial charge in [-0.2, -0.15) is 0 Å². The molecule has 0 spiro atoms. The molecule has 0 saturated carbocycles. The molecule has 0 radical (unpaired) electrons. The SMILES string of the molecule is COC(=O)c1ccccc1COCCOCCOCCOC1CCCCO1. The number of hydrogen-bond donors (Lipinski definition) is 0. The Bertz CT molecular complexity index is 529. The third kappa shape index (κ3) is 8.81. The van der Waals surface area contributed by atoms with Crippen molar-refractivity contribution in [2.75, 3.05) is 53.4 Å². The van der Waals surface area contributed by atoms with E-state index >= 15 is 0 Å². The summed E-state index contributed by atoms with van der Waals surface area (Å²) >= 11 is 0. The molecular weight excluding hydrogens is 352 g/mol. The Labute approximate surface area is 160 Å². The molecule has 0 amide bonds. The van der Waals surface area contributed by atoms with E-state index in [-0.39, 0.29) is 12.3 Å². The van der Waals surface area contributed by atoms with Crippen molar-refractivity contribution in [2.24, 2.45) is 0 Å². The lowest BCUT2D eigenvalue weighted by molar-refractivity contribution is -0.169. The van der Waals surface area contributed by atoms with Crippen molar-refractivity contribution >= 4 is 5.97 Å². The van der Waals surface area contributed by atoms with Gasteiger partial charge in [0.1, 0.15) is 0 Å². The van der Waals surface area contributed by atoms with E-state index < -0.39 is 0 Å². The van der Waals surface area contributed by atoms with Gasteiger partial charge in [-0.05, 0) is 30.9 Å². The molecule has 152 valence electrons. The van der Waals surface area contributed by atoms with E-state index in [1.165, 1.54) is 7.11 Å². The van der Waals surface area contributed by atoms with Crippen LogP contribution in [0.25, 0.3) is 0 Å². The summed E-state index contributed by atoms with van der Waals surface area (Å²) in [7, 11) is 1.37. The Hall–Kier alpha value is -1.51. The maximum atomic E-state index is 11.7. The number of carbonyl (C=O) groups is 1. The molecule has 0 bridgehead atoms. The Kier molecular flexibility index (Phi) is 11.0. The normalized spacial score (nSPS) is 17.0. The lowest BCUT2D eigenvalue weighted by Crippen LogP contribution is -2.24. The Morgan fingerprint density at radius 2 is 1.70 bits per heavy atom. The van der Waals surface area contributed by atoms with E-state index in [1.807, 2.05) is 12.1 Å². The summed E-state index contributed by atoms with van der Waals surface area (Å²) in [5, 5.41) is 0. The molecule has 2 rings (SSSR count). The van der Waals surface area contributed by atoms with Gasteiger partial charge in [0.15, 0.2) is 6.29 Å². The summed E-state index contributed by atoms with van der Waals surface area (Å²) in [5.74, 6) is -0.360. The molecule has 7 nitrogen and oxygen atoms in total. The van der Waals surface area contributed by atoms with Crippen LogP contribution in [0.1, 0.15) is 35.2 Å². The predicted molar refractivity (Wildman–Crippen MR) is 98.6 cm³/mol. The molecule has 1 fully saturated rings. The van der Waals surface area contributed by atoms with Crippen LogP contribution in [-0.2, 0) is 35.0 Å². The van der Waals surface area contributed by atoms with Crippen LogP contribution in [0.15, 0.2) is 24.3 Å². The molecule has 1 atom stereocenters. The van der Waals surface area contributed by atoms with Crippen LogP contribution >= 0.6 is 0 Å². The monoisotopic (exact) mass is 382 g/mol. The van der Waals surface area contributed by atoms with E-state index in [4.69, 9.17) is 28.4 Å². The van der Waals surface area contributed by atoms with Crippen LogP contribution in [0.4, 0.5) is 0 Å². The first-order valence-corrected chi connectivity index (χ1v) is 9.44. The third-order valence-electron chi connectivity index (χ3n) is 4.09. The second-order valence-electron chi connectivity index (χ2n) is 6.09. The number of hydrogen-bond acceptors (Lipinski definition) is 7. The molecule has 27 heavy (non-hydrogen) atoms. The second kappa shape index (κ2) is 13.6. The van der Waals surface area contributed by atoms with Gasteiger partial charge in [0.2, 0.25) is 0 Å². The van der Waals surface area contributed by atoms with Crippen LogP contribution in [0.5, 0.6) is 0 Å². The quantitative estimate of drug-likeness (QED) is 0.383. The van der Waals surface area contributed by atoms with Gasteiger partial charge in [-0.3, -0.25) is 0 Å². The number of esters is 1. The zero-order valence-corrected chi connectivity index (χ0v) is 16.0. The number of rotatable bonds is 13. The summed E-state index contributed by atoms with van der Waals surface area (Å²) in [5.41, 5.74) is 1.32. The van der Waals surface area contributed by atoms with Crippen molar-refractivity contribution in [1.82, 2.24) is 0 Å². The molecule has 7 heteroatoms. The average molecular weight is 382 g/mol. The zero-order valence-electron chi connectivity index (χ0n) is 16.0. The van der Waals surface area contributed by atoms with Gasteiger partial charge < -0.3 is 28.4 Å². The van der Waals surface area contributed by atoms with Gasteiger partial charge in [-0.15, -0.1) is 0 Å². The summed E-state index contributed by atoms with van der Waals surface area (Å²) in [6.45, 7) is 4.12. The molecule has 0 aliphatic carbocycles. The highest BCUT2D eigenvalue weighted by atomic mass is 16.7. The average Bonchev–Trinajstić information content (AvgIpc) is 2.72. The van der Waals surface area contributed by atoms with E-state index in [9.17, 15) is 4.79 Å². The fourth-order valence-electron chi connectivity index (χ4n) is 2.66. The summed E-state index contributed by atoms with van der Waals surface area (Å²) in [6, 6.07) is 7.24. The maximum Gasteiger partial charge on any atom is 0.338 e. The van der Waals surface area contributed by atoms with Crippen LogP contribution in [0, 0.1) is 0 Å². The van der Waals surface area contributed by atoms with Crippen molar-refractivity contribution in [3.63, 3.8) is 0 Å². The Morgan fingerprint density at radius 3 is 2.41 bits per heavy atom. The summed E-state index contributed by atoms with van der Waals surface area (Å²) in [4.78, 5) is 11.7. The van der Waals surface area contributed by atoms with Gasteiger partial charge in [-0.25, -0.2) is 4.79 Å². The lowest BCUT2D eigenvalue weighted by atomic mass is 10.1. The highest BCUT2D eigenvalue weighted by molar-refractivity contribution is 5.90. The Morgan fingerprint density at radius 1 is 1.00 bits per heavy atom. The molecular formula is C20H30O7. The minimum absolute atomic E-state index is 0.0694. The largest absolute Gasteiger partial charge is 0.465 e. The molecule has 1 aliphatic rings. The standard InChI is InChI=1S/C20H30O7/c1-22-20(21)18-7-3-2-6-17(18)16-25-13-12-23-10-11-24-14-15-27-19-8-4-5-9-26-19/h2-3,6-7,19H,4-5,8-16H2,1H3. The zero-order chi connectivity index (χ0) is 19.2. The first-order chi connectivity index (χ1) is 13.3. The van der Waals surface area contributed by atoms with Crippen molar-refractivity contribution in [2.45, 2.75) is 32.2 Å². The first-order valence-electron chi connectivity index (χ1n) is 9.44. The topological polar surface area (TPSA) is 72.5 Å². The molecule has 1 saturated heterocycles. The van der Waals surface area contributed by atoms with Gasteiger partial charge >= 0.3 is 5.97 Å². The summed E-state index contributed by atoms with van der Waals surface area (Å²) in [6.07, 6.45) is 3.18. The van der Waals surface area contributed by atoms with Crippen LogP contribution in [0.2, 0.25) is 0 Å². The molecule has 1 unspecified atom stereocenters. The van der Waals surface area contributed by atoms with Crippen molar-refractivity contribution in [1.29, 1.82) is 0 Å². The van der Waals surface area contributed by atoms with E-state index in [1.54, 1.807) is 12.1 Å². The number of ether oxygens (including phenoxy) is 6. The van der Waals surface area contributed by atoms with Crippen molar-refractivity contribution in [3.8, 4) is 0 Å². The van der Waals surface area contributed by atoms with E-state index in [2.05, 4.69) is 0 Å². The highest BCUT2D eigenvalue weighted by Gasteiger charge is 2.13.